The van der Waals surface area contributed by atoms with Gasteiger partial charge in [0.2, 0.25) is 4.96 Å². The van der Waals surface area contributed by atoms with E-state index in [2.05, 4.69) is 29.1 Å². The summed E-state index contributed by atoms with van der Waals surface area (Å²) in [7, 11) is 0. The van der Waals surface area contributed by atoms with E-state index in [1.54, 1.807) is 11.3 Å². The molecule has 0 amide bonds. The van der Waals surface area contributed by atoms with Gasteiger partial charge in [-0.25, -0.2) is 9.50 Å². The lowest BCUT2D eigenvalue weighted by Gasteiger charge is -2.33. The van der Waals surface area contributed by atoms with Crippen LogP contribution in [-0.2, 0) is 24.4 Å². The van der Waals surface area contributed by atoms with Crippen LogP contribution in [0.3, 0.4) is 0 Å². The van der Waals surface area contributed by atoms with E-state index in [1.807, 2.05) is 27.8 Å². The summed E-state index contributed by atoms with van der Waals surface area (Å²) in [6.45, 7) is 9.22. The minimum Gasteiger partial charge on any atom is -0.480 e. The maximum Gasteiger partial charge on any atom is 0.322 e. The molecule has 1 atom stereocenters. The molecule has 9 nitrogen and oxygen atoms in total. The SMILES string of the molecule is Cc1nn2c(CN3Cc4nnc(C)n4CC3C(=O)O)c(C(C)C)nc2s1. The molecular formula is C16H21N7O2S. The molecule has 1 unspecified atom stereocenters. The maximum atomic E-state index is 11.9. The van der Waals surface area contributed by atoms with E-state index in [1.165, 1.54) is 0 Å². The monoisotopic (exact) mass is 375 g/mol. The van der Waals surface area contributed by atoms with Crippen LogP contribution in [0, 0.1) is 13.8 Å². The summed E-state index contributed by atoms with van der Waals surface area (Å²) in [4.78, 5) is 19.4. The summed E-state index contributed by atoms with van der Waals surface area (Å²) < 4.78 is 3.75. The molecule has 4 rings (SSSR count). The van der Waals surface area contributed by atoms with Crippen LogP contribution in [0.15, 0.2) is 0 Å². The first-order valence-corrected chi connectivity index (χ1v) is 9.37. The number of nitrogens with zero attached hydrogens (tertiary/aromatic N) is 7. The molecule has 3 aromatic rings. The zero-order valence-electron chi connectivity index (χ0n) is 15.2. The zero-order valence-corrected chi connectivity index (χ0v) is 16.0. The Kier molecular flexibility index (Phi) is 4.03. The van der Waals surface area contributed by atoms with Crippen molar-refractivity contribution in [1.29, 1.82) is 0 Å². The van der Waals surface area contributed by atoms with Crippen molar-refractivity contribution in [3.63, 3.8) is 0 Å². The first kappa shape index (κ1) is 17.1. The fourth-order valence-corrected chi connectivity index (χ4v) is 4.23. The van der Waals surface area contributed by atoms with Gasteiger partial charge in [-0.15, -0.1) is 10.2 Å². The van der Waals surface area contributed by atoms with Gasteiger partial charge in [-0.05, 0) is 19.8 Å². The lowest BCUT2D eigenvalue weighted by atomic mass is 10.1. The average molecular weight is 375 g/mol. The molecule has 26 heavy (non-hydrogen) atoms. The van der Waals surface area contributed by atoms with E-state index in [4.69, 9.17) is 4.98 Å². The molecule has 138 valence electrons. The van der Waals surface area contributed by atoms with Gasteiger partial charge in [0.05, 0.1) is 24.5 Å². The molecule has 0 saturated heterocycles. The number of aryl methyl sites for hydroxylation is 2. The minimum absolute atomic E-state index is 0.234. The fourth-order valence-electron chi connectivity index (χ4n) is 3.46. The predicted octanol–water partition coefficient (Wildman–Crippen LogP) is 1.59. The second-order valence-corrected chi connectivity index (χ2v) is 8.11. The molecule has 1 N–H and O–H groups in total. The second-order valence-electron chi connectivity index (χ2n) is 6.95. The molecule has 4 heterocycles. The lowest BCUT2D eigenvalue weighted by molar-refractivity contribution is -0.145. The number of aromatic nitrogens is 6. The van der Waals surface area contributed by atoms with Crippen molar-refractivity contribution in [2.24, 2.45) is 0 Å². The normalized spacial score (nSPS) is 18.0. The van der Waals surface area contributed by atoms with Crippen molar-refractivity contribution >= 4 is 22.3 Å². The Morgan fingerprint density at radius 3 is 2.81 bits per heavy atom. The molecule has 10 heteroatoms. The highest BCUT2D eigenvalue weighted by Gasteiger charge is 2.35. The third-order valence-corrected chi connectivity index (χ3v) is 5.59. The van der Waals surface area contributed by atoms with E-state index < -0.39 is 12.0 Å². The number of rotatable bonds is 4. The van der Waals surface area contributed by atoms with Crippen LogP contribution in [0.1, 0.15) is 47.8 Å². The van der Waals surface area contributed by atoms with E-state index in [0.717, 1.165) is 33.0 Å². The van der Waals surface area contributed by atoms with Crippen LogP contribution in [0.2, 0.25) is 0 Å². The molecule has 1 aliphatic heterocycles. The molecule has 0 saturated carbocycles. The van der Waals surface area contributed by atoms with Crippen molar-refractivity contribution in [2.75, 3.05) is 0 Å². The Morgan fingerprint density at radius 1 is 1.35 bits per heavy atom. The molecule has 0 spiro atoms. The molecule has 1 aliphatic rings. The van der Waals surface area contributed by atoms with Crippen LogP contribution >= 0.6 is 11.3 Å². The van der Waals surface area contributed by atoms with Gasteiger partial charge in [0.15, 0.2) is 0 Å². The molecule has 0 aliphatic carbocycles. The molecule has 0 fully saturated rings. The minimum atomic E-state index is -0.843. The fraction of sp³-hybridized carbons (Fsp3) is 0.562. The van der Waals surface area contributed by atoms with Crippen LogP contribution in [0.5, 0.6) is 0 Å². The zero-order chi connectivity index (χ0) is 18.6. The second kappa shape index (κ2) is 6.13. The van der Waals surface area contributed by atoms with Gasteiger partial charge in [-0.1, -0.05) is 25.2 Å². The third-order valence-electron chi connectivity index (χ3n) is 4.77. The average Bonchev–Trinajstić information content (AvgIpc) is 3.21. The van der Waals surface area contributed by atoms with Crippen molar-refractivity contribution in [3.05, 3.63) is 28.0 Å². The Morgan fingerprint density at radius 2 is 2.12 bits per heavy atom. The molecule has 0 radical (unpaired) electrons. The Labute approximate surface area is 154 Å². The summed E-state index contributed by atoms with van der Waals surface area (Å²) in [5.74, 6) is 0.931. The number of carbonyl (C=O) groups is 1. The van der Waals surface area contributed by atoms with Gasteiger partial charge in [-0.3, -0.25) is 9.69 Å². The molecule has 0 bridgehead atoms. The van der Waals surface area contributed by atoms with Crippen molar-refractivity contribution < 1.29 is 9.90 Å². The Balaban J connectivity index is 1.74. The summed E-state index contributed by atoms with van der Waals surface area (Å²) >= 11 is 1.55. The summed E-state index contributed by atoms with van der Waals surface area (Å²) in [5, 5.41) is 23.5. The maximum absolute atomic E-state index is 11.9. The highest BCUT2D eigenvalue weighted by molar-refractivity contribution is 7.16. The predicted molar refractivity (Wildman–Crippen MR) is 95.1 cm³/mol. The standard InChI is InChI=1S/C16H21N7O2S/c1-8(2)14-11(23-16(17-14)26-10(4)20-23)5-21-7-13-19-18-9(3)22(13)6-12(21)15(24)25/h8,12H,5-7H2,1-4H3,(H,24,25). The van der Waals surface area contributed by atoms with Gasteiger partial charge in [0.25, 0.3) is 0 Å². The highest BCUT2D eigenvalue weighted by Crippen LogP contribution is 2.27. The molecule has 0 aromatic carbocycles. The largest absolute Gasteiger partial charge is 0.480 e. The first-order valence-electron chi connectivity index (χ1n) is 8.55. The topological polar surface area (TPSA) is 101 Å². The Hall–Kier alpha value is -2.33. The van der Waals surface area contributed by atoms with Gasteiger partial charge < -0.3 is 9.67 Å². The van der Waals surface area contributed by atoms with E-state index in [-0.39, 0.29) is 5.92 Å². The van der Waals surface area contributed by atoms with Gasteiger partial charge in [0, 0.05) is 6.54 Å². The number of aliphatic carboxylic acids is 1. The van der Waals surface area contributed by atoms with Gasteiger partial charge in [-0.2, -0.15) is 5.10 Å². The number of carboxylic acids is 1. The lowest BCUT2D eigenvalue weighted by Crippen LogP contribution is -2.47. The Bertz CT molecular complexity index is 986. The number of hydrogen-bond donors (Lipinski definition) is 1. The first-order chi connectivity index (χ1) is 12.3. The van der Waals surface area contributed by atoms with Gasteiger partial charge in [0.1, 0.15) is 22.7 Å². The summed E-state index contributed by atoms with van der Waals surface area (Å²) in [6.07, 6.45) is 0. The van der Waals surface area contributed by atoms with Crippen LogP contribution in [0.4, 0.5) is 0 Å². The smallest absolute Gasteiger partial charge is 0.322 e. The molecular weight excluding hydrogens is 354 g/mol. The number of carboxylic acid groups (broad SMARTS) is 1. The van der Waals surface area contributed by atoms with E-state index in [9.17, 15) is 9.90 Å². The number of hydrogen-bond acceptors (Lipinski definition) is 7. The van der Waals surface area contributed by atoms with E-state index in [0.29, 0.717) is 19.6 Å². The van der Waals surface area contributed by atoms with E-state index >= 15 is 0 Å². The van der Waals surface area contributed by atoms with Crippen LogP contribution < -0.4 is 0 Å². The van der Waals surface area contributed by atoms with Gasteiger partial charge >= 0.3 is 5.97 Å². The summed E-state index contributed by atoms with van der Waals surface area (Å²) in [5.41, 5.74) is 1.92. The molecule has 3 aromatic heterocycles. The quantitative estimate of drug-likeness (QED) is 0.739. The highest BCUT2D eigenvalue weighted by atomic mass is 32.1. The van der Waals surface area contributed by atoms with Crippen molar-refractivity contribution in [1.82, 2.24) is 34.3 Å². The van der Waals surface area contributed by atoms with Crippen molar-refractivity contribution in [3.8, 4) is 0 Å². The van der Waals surface area contributed by atoms with Crippen molar-refractivity contribution in [2.45, 2.75) is 59.3 Å². The number of imidazole rings is 1. The van der Waals surface area contributed by atoms with Crippen LogP contribution in [-0.4, -0.2) is 51.4 Å². The third kappa shape index (κ3) is 2.69. The summed E-state index contributed by atoms with van der Waals surface area (Å²) in [6, 6.07) is -0.637. The number of fused-ring (bicyclic) bond motifs is 2. The van der Waals surface area contributed by atoms with Crippen LogP contribution in [0.25, 0.3) is 4.96 Å².